The Hall–Kier alpha value is -7.04. The highest BCUT2D eigenvalue weighted by molar-refractivity contribution is 6.22. The zero-order valence-corrected chi connectivity index (χ0v) is 28.0. The van der Waals surface area contributed by atoms with Crippen LogP contribution in [0.4, 0.5) is 0 Å². The van der Waals surface area contributed by atoms with E-state index in [1.807, 2.05) is 12.4 Å². The van der Waals surface area contributed by atoms with Gasteiger partial charge in [-0.15, -0.1) is 0 Å². The SMILES string of the molecule is c1ccc(-n2c3ccccc3c3cc(-c4ccc5c(c4)c4c6ccccc6ccc4n5-c4cnc5c(c4)-c4ccnc6cccc-5c46)ccc32)cc1. The van der Waals surface area contributed by atoms with Crippen LogP contribution in [-0.4, -0.2) is 19.1 Å². The minimum atomic E-state index is 1.01. The van der Waals surface area contributed by atoms with Crippen LogP contribution in [0.1, 0.15) is 0 Å². The molecular formula is C48H28N4. The molecule has 4 aromatic heterocycles. The van der Waals surface area contributed by atoms with Crippen molar-refractivity contribution in [3.8, 4) is 44.9 Å². The van der Waals surface area contributed by atoms with Gasteiger partial charge in [0.15, 0.2) is 0 Å². The quantitative estimate of drug-likeness (QED) is 0.189. The molecule has 12 rings (SSSR count). The molecule has 0 saturated heterocycles. The largest absolute Gasteiger partial charge is 0.309 e. The smallest absolute Gasteiger partial charge is 0.0789 e. The van der Waals surface area contributed by atoms with Gasteiger partial charge in [0, 0.05) is 49.9 Å². The van der Waals surface area contributed by atoms with E-state index in [1.54, 1.807) is 0 Å². The Morgan fingerprint density at radius 1 is 0.385 bits per heavy atom. The van der Waals surface area contributed by atoms with Crippen molar-refractivity contribution in [1.29, 1.82) is 0 Å². The van der Waals surface area contributed by atoms with Gasteiger partial charge >= 0.3 is 0 Å². The van der Waals surface area contributed by atoms with Crippen molar-refractivity contribution in [1.82, 2.24) is 19.1 Å². The topological polar surface area (TPSA) is 35.6 Å². The number of hydrogen-bond acceptors (Lipinski definition) is 2. The number of aromatic nitrogens is 4. The van der Waals surface area contributed by atoms with Gasteiger partial charge in [-0.2, -0.15) is 0 Å². The zero-order valence-electron chi connectivity index (χ0n) is 28.0. The van der Waals surface area contributed by atoms with Crippen LogP contribution in [0.3, 0.4) is 0 Å². The van der Waals surface area contributed by atoms with Gasteiger partial charge < -0.3 is 9.13 Å². The average Bonchev–Trinajstić information content (AvgIpc) is 3.84. The highest BCUT2D eigenvalue weighted by atomic mass is 15.0. The van der Waals surface area contributed by atoms with Crippen molar-refractivity contribution in [2.45, 2.75) is 0 Å². The first kappa shape index (κ1) is 27.7. The molecule has 0 unspecified atom stereocenters. The molecule has 240 valence electrons. The van der Waals surface area contributed by atoms with E-state index < -0.39 is 0 Å². The number of fused-ring (bicyclic) bond motifs is 11. The maximum atomic E-state index is 5.12. The highest BCUT2D eigenvalue weighted by Crippen LogP contribution is 2.47. The molecular weight excluding hydrogens is 633 g/mol. The van der Waals surface area contributed by atoms with Crippen LogP contribution >= 0.6 is 0 Å². The van der Waals surface area contributed by atoms with Gasteiger partial charge in [0.2, 0.25) is 0 Å². The maximum Gasteiger partial charge on any atom is 0.0789 e. The lowest BCUT2D eigenvalue weighted by atomic mass is 9.99. The molecule has 0 saturated carbocycles. The van der Waals surface area contributed by atoms with Crippen molar-refractivity contribution in [2.24, 2.45) is 0 Å². The molecule has 0 spiro atoms. The third-order valence-electron chi connectivity index (χ3n) is 11.1. The summed E-state index contributed by atoms with van der Waals surface area (Å²) >= 11 is 0. The Kier molecular flexibility index (Phi) is 5.47. The summed E-state index contributed by atoms with van der Waals surface area (Å²) in [7, 11) is 0. The number of benzene rings is 7. The van der Waals surface area contributed by atoms with E-state index in [2.05, 4.69) is 172 Å². The van der Waals surface area contributed by atoms with Crippen LogP contribution in [0.25, 0.3) is 110 Å². The van der Waals surface area contributed by atoms with Gasteiger partial charge in [-0.25, -0.2) is 0 Å². The summed E-state index contributed by atoms with van der Waals surface area (Å²) < 4.78 is 4.77. The van der Waals surface area contributed by atoms with Gasteiger partial charge in [0.25, 0.3) is 0 Å². The molecule has 4 nitrogen and oxygen atoms in total. The third kappa shape index (κ3) is 3.70. The molecule has 0 N–H and O–H groups in total. The Morgan fingerprint density at radius 3 is 1.98 bits per heavy atom. The second-order valence-corrected chi connectivity index (χ2v) is 13.8. The predicted octanol–water partition coefficient (Wildman–Crippen LogP) is 12.3. The van der Waals surface area contributed by atoms with Gasteiger partial charge in [-0.3, -0.25) is 9.97 Å². The molecule has 0 radical (unpaired) electrons. The first-order chi connectivity index (χ1) is 25.8. The van der Waals surface area contributed by atoms with Crippen molar-refractivity contribution in [2.75, 3.05) is 0 Å². The van der Waals surface area contributed by atoms with Gasteiger partial charge in [-0.05, 0) is 94.2 Å². The van der Waals surface area contributed by atoms with Crippen molar-refractivity contribution in [3.63, 3.8) is 0 Å². The summed E-state index contributed by atoms with van der Waals surface area (Å²) in [6.45, 7) is 0. The van der Waals surface area contributed by atoms with E-state index in [4.69, 9.17) is 4.98 Å². The van der Waals surface area contributed by atoms with Gasteiger partial charge in [0.05, 0.1) is 45.2 Å². The van der Waals surface area contributed by atoms with Crippen LogP contribution in [-0.2, 0) is 0 Å². The standard InChI is InChI=1S/C48H28N4/c1-2-10-32(11-3-1)51-42-16-7-6-13-35(42)38-25-30(18-20-43(38)51)31-19-21-44-40(26-31)47-34-12-5-4-9-29(34)17-22-45(47)52(44)33-27-39-36-23-24-49-41-15-8-14-37(46(36)41)48(39)50-28-33/h1-28H. The molecule has 0 atom stereocenters. The van der Waals surface area contributed by atoms with E-state index >= 15 is 0 Å². The second kappa shape index (κ2) is 10.3. The van der Waals surface area contributed by atoms with Gasteiger partial charge in [0.1, 0.15) is 0 Å². The summed E-state index contributed by atoms with van der Waals surface area (Å²) in [5.41, 5.74) is 14.9. The molecule has 52 heavy (non-hydrogen) atoms. The minimum absolute atomic E-state index is 1.01. The number of pyridine rings is 2. The molecule has 0 bridgehead atoms. The van der Waals surface area contributed by atoms with Crippen molar-refractivity contribution >= 4 is 65.3 Å². The molecule has 0 amide bonds. The number of hydrogen-bond donors (Lipinski definition) is 0. The Labute approximate surface area is 298 Å². The van der Waals surface area contributed by atoms with Crippen LogP contribution in [0.2, 0.25) is 0 Å². The Morgan fingerprint density at radius 2 is 1.10 bits per heavy atom. The predicted molar refractivity (Wildman–Crippen MR) is 216 cm³/mol. The van der Waals surface area contributed by atoms with E-state index in [1.165, 1.54) is 76.6 Å². The zero-order chi connectivity index (χ0) is 33.9. The summed E-state index contributed by atoms with van der Waals surface area (Å²) in [6.07, 6.45) is 3.95. The van der Waals surface area contributed by atoms with E-state index in [0.717, 1.165) is 33.5 Å². The van der Waals surface area contributed by atoms with E-state index in [-0.39, 0.29) is 0 Å². The minimum Gasteiger partial charge on any atom is -0.309 e. The average molecular weight is 661 g/mol. The molecule has 4 heteroatoms. The lowest BCUT2D eigenvalue weighted by Crippen LogP contribution is -1.96. The molecule has 0 aliphatic heterocycles. The maximum absolute atomic E-state index is 5.12. The fourth-order valence-electron chi connectivity index (χ4n) is 8.88. The normalized spacial score (nSPS) is 12.2. The van der Waals surface area contributed by atoms with Crippen molar-refractivity contribution < 1.29 is 0 Å². The van der Waals surface area contributed by atoms with E-state index in [0.29, 0.717) is 0 Å². The molecule has 4 heterocycles. The molecule has 7 aromatic carbocycles. The van der Waals surface area contributed by atoms with Crippen LogP contribution < -0.4 is 0 Å². The summed E-state index contributed by atoms with van der Waals surface area (Å²) in [5, 5.41) is 8.66. The number of rotatable bonds is 3. The number of para-hydroxylation sites is 2. The van der Waals surface area contributed by atoms with Crippen molar-refractivity contribution in [3.05, 3.63) is 170 Å². The fraction of sp³-hybridized carbons (Fsp3) is 0. The first-order valence-corrected chi connectivity index (χ1v) is 17.7. The molecule has 1 aliphatic carbocycles. The number of nitrogens with zero attached hydrogens (tertiary/aromatic N) is 4. The van der Waals surface area contributed by atoms with Gasteiger partial charge in [-0.1, -0.05) is 91.0 Å². The molecule has 11 aromatic rings. The lowest BCUT2D eigenvalue weighted by molar-refractivity contribution is 1.15. The monoisotopic (exact) mass is 660 g/mol. The fourth-order valence-corrected chi connectivity index (χ4v) is 8.88. The van der Waals surface area contributed by atoms with E-state index in [9.17, 15) is 0 Å². The summed E-state index contributed by atoms with van der Waals surface area (Å²) in [4.78, 5) is 9.78. The highest BCUT2D eigenvalue weighted by Gasteiger charge is 2.25. The first-order valence-electron chi connectivity index (χ1n) is 17.7. The third-order valence-corrected chi connectivity index (χ3v) is 11.1. The summed E-state index contributed by atoms with van der Waals surface area (Å²) in [6, 6.07) is 57.3. The molecule has 0 fully saturated rings. The van der Waals surface area contributed by atoms with Crippen LogP contribution in [0.15, 0.2) is 170 Å². The Bertz CT molecular complexity index is 3290. The lowest BCUT2D eigenvalue weighted by Gasteiger charge is -2.11. The Balaban J connectivity index is 1.10. The second-order valence-electron chi connectivity index (χ2n) is 13.8. The molecule has 1 aliphatic rings. The van der Waals surface area contributed by atoms with Crippen LogP contribution in [0.5, 0.6) is 0 Å². The summed E-state index contributed by atoms with van der Waals surface area (Å²) in [5.74, 6) is 0. The van der Waals surface area contributed by atoms with Crippen LogP contribution in [0, 0.1) is 0 Å².